The maximum Gasteiger partial charge on any atom is 0.211 e. The van der Waals surface area contributed by atoms with Crippen LogP contribution in [-0.2, 0) is 0 Å². The lowest BCUT2D eigenvalue weighted by molar-refractivity contribution is 0.307. The third-order valence-electron chi connectivity index (χ3n) is 4.28. The molecule has 2 aromatic carbocycles. The van der Waals surface area contributed by atoms with E-state index in [9.17, 15) is 9.90 Å². The van der Waals surface area contributed by atoms with Crippen molar-refractivity contribution in [2.45, 2.75) is 0 Å². The molecule has 0 atom stereocenters. The Morgan fingerprint density at radius 1 is 0.786 bits per heavy atom. The van der Waals surface area contributed by atoms with E-state index in [4.69, 9.17) is 28.1 Å². The zero-order chi connectivity index (χ0) is 20.4. The molecule has 0 aliphatic heterocycles. The van der Waals surface area contributed by atoms with Crippen LogP contribution in [0, 0.1) is 0 Å². The predicted octanol–water partition coefficient (Wildman–Crippen LogP) is 3.21. The van der Waals surface area contributed by atoms with E-state index < -0.39 is 0 Å². The van der Waals surface area contributed by atoms with E-state index in [1.165, 1.54) is 47.7 Å². The molecule has 28 heavy (non-hydrogen) atoms. The summed E-state index contributed by atoms with van der Waals surface area (Å²) < 4.78 is 32.6. The summed E-state index contributed by atoms with van der Waals surface area (Å²) >= 11 is 0. The third kappa shape index (κ3) is 2.92. The predicted molar refractivity (Wildman–Crippen MR) is 102 cm³/mol. The Kier molecular flexibility index (Phi) is 5.21. The van der Waals surface area contributed by atoms with Crippen molar-refractivity contribution < 1.29 is 33.2 Å². The average molecular weight is 388 g/mol. The molecule has 3 rings (SSSR count). The Morgan fingerprint density at radius 3 is 1.93 bits per heavy atom. The summed E-state index contributed by atoms with van der Waals surface area (Å²) in [5.41, 5.74) is 0.241. The van der Waals surface area contributed by atoms with Crippen molar-refractivity contribution in [1.82, 2.24) is 0 Å². The van der Waals surface area contributed by atoms with Gasteiger partial charge in [-0.15, -0.1) is 0 Å². The largest absolute Gasteiger partial charge is 0.504 e. The van der Waals surface area contributed by atoms with Crippen LogP contribution in [0.5, 0.6) is 34.5 Å². The number of fused-ring (bicyclic) bond motifs is 1. The fraction of sp³-hybridized carbons (Fsp3) is 0.250. The van der Waals surface area contributed by atoms with Crippen LogP contribution in [0.2, 0.25) is 0 Å². The second-order valence-electron chi connectivity index (χ2n) is 5.70. The molecule has 0 fully saturated rings. The molecule has 0 bridgehead atoms. The minimum Gasteiger partial charge on any atom is -0.504 e. The first-order valence-electron chi connectivity index (χ1n) is 8.21. The van der Waals surface area contributed by atoms with Gasteiger partial charge in [0.25, 0.3) is 0 Å². The minimum atomic E-state index is -0.373. The summed E-state index contributed by atoms with van der Waals surface area (Å²) in [4.78, 5) is 12.9. The zero-order valence-corrected chi connectivity index (χ0v) is 16.1. The van der Waals surface area contributed by atoms with E-state index >= 15 is 0 Å². The van der Waals surface area contributed by atoms with Crippen molar-refractivity contribution in [3.63, 3.8) is 0 Å². The highest BCUT2D eigenvalue weighted by Gasteiger charge is 2.27. The molecular formula is C20H20O8. The third-order valence-corrected chi connectivity index (χ3v) is 4.28. The summed E-state index contributed by atoms with van der Waals surface area (Å²) in [6.07, 6.45) is 0. The number of phenols is 1. The number of phenolic OH excluding ortho intramolecular Hbond substituents is 1. The Morgan fingerprint density at radius 2 is 1.39 bits per heavy atom. The first-order valence-corrected chi connectivity index (χ1v) is 8.21. The molecule has 0 radical (unpaired) electrons. The van der Waals surface area contributed by atoms with Crippen LogP contribution in [-0.4, -0.2) is 40.7 Å². The van der Waals surface area contributed by atoms with Crippen LogP contribution < -0.4 is 29.1 Å². The molecule has 1 N–H and O–H groups in total. The van der Waals surface area contributed by atoms with Crippen LogP contribution in [0.3, 0.4) is 0 Å². The van der Waals surface area contributed by atoms with Crippen molar-refractivity contribution in [2.24, 2.45) is 0 Å². The van der Waals surface area contributed by atoms with Gasteiger partial charge in [-0.1, -0.05) is 0 Å². The van der Waals surface area contributed by atoms with Crippen LogP contribution >= 0.6 is 0 Å². The fourth-order valence-electron chi connectivity index (χ4n) is 3.03. The average Bonchev–Trinajstić information content (AvgIpc) is 2.71. The number of aromatic hydroxyl groups is 1. The van der Waals surface area contributed by atoms with E-state index in [0.717, 1.165) is 0 Å². The van der Waals surface area contributed by atoms with Crippen molar-refractivity contribution in [3.05, 3.63) is 34.5 Å². The lowest BCUT2D eigenvalue weighted by Gasteiger charge is -2.17. The molecule has 0 saturated heterocycles. The first kappa shape index (κ1) is 19.2. The van der Waals surface area contributed by atoms with Gasteiger partial charge in [-0.3, -0.25) is 4.79 Å². The van der Waals surface area contributed by atoms with E-state index in [1.54, 1.807) is 12.1 Å². The van der Waals surface area contributed by atoms with Crippen LogP contribution in [0.15, 0.2) is 33.5 Å². The Hall–Kier alpha value is -3.55. The maximum atomic E-state index is 12.9. The van der Waals surface area contributed by atoms with Gasteiger partial charge >= 0.3 is 0 Å². The lowest BCUT2D eigenvalue weighted by atomic mass is 10.1. The van der Waals surface area contributed by atoms with Crippen LogP contribution in [0.25, 0.3) is 22.3 Å². The summed E-state index contributed by atoms with van der Waals surface area (Å²) in [7, 11) is 7.16. The van der Waals surface area contributed by atoms with Gasteiger partial charge < -0.3 is 33.2 Å². The monoisotopic (exact) mass is 388 g/mol. The van der Waals surface area contributed by atoms with Gasteiger partial charge in [0.05, 0.1) is 35.5 Å². The topological polar surface area (TPSA) is 96.6 Å². The molecule has 1 heterocycles. The summed E-state index contributed by atoms with van der Waals surface area (Å²) in [6.45, 7) is 0. The van der Waals surface area contributed by atoms with E-state index in [2.05, 4.69) is 0 Å². The second-order valence-corrected chi connectivity index (χ2v) is 5.70. The Balaban J connectivity index is 2.39. The maximum absolute atomic E-state index is 12.9. The van der Waals surface area contributed by atoms with Gasteiger partial charge in [0.2, 0.25) is 17.2 Å². The zero-order valence-electron chi connectivity index (χ0n) is 16.1. The first-order chi connectivity index (χ1) is 13.5. The van der Waals surface area contributed by atoms with Gasteiger partial charge in [-0.25, -0.2) is 0 Å². The lowest BCUT2D eigenvalue weighted by Crippen LogP contribution is -2.07. The minimum absolute atomic E-state index is 0.0837. The van der Waals surface area contributed by atoms with E-state index in [1.807, 2.05) is 0 Å². The number of hydrogen-bond donors (Lipinski definition) is 1. The van der Waals surface area contributed by atoms with E-state index in [0.29, 0.717) is 11.3 Å². The SMILES string of the molecule is COc1ccc(-c2cc(=O)c3c(OC)c(OC)c(OC)c(OC)c3o2)cc1O. The van der Waals surface area contributed by atoms with Crippen LogP contribution in [0.4, 0.5) is 0 Å². The highest BCUT2D eigenvalue weighted by atomic mass is 16.5. The molecule has 1 aromatic heterocycles. The summed E-state index contributed by atoms with van der Waals surface area (Å²) in [5, 5.41) is 10.2. The summed E-state index contributed by atoms with van der Waals surface area (Å²) in [6, 6.07) is 5.97. The molecule has 8 heteroatoms. The molecule has 148 valence electrons. The number of rotatable bonds is 6. The second kappa shape index (κ2) is 7.59. The molecule has 0 aliphatic rings. The van der Waals surface area contributed by atoms with Crippen molar-refractivity contribution in [3.8, 4) is 45.8 Å². The molecule has 0 unspecified atom stereocenters. The number of ether oxygens (including phenoxy) is 5. The quantitative estimate of drug-likeness (QED) is 0.688. The van der Waals surface area contributed by atoms with Crippen molar-refractivity contribution in [2.75, 3.05) is 35.5 Å². The fourth-order valence-corrected chi connectivity index (χ4v) is 3.03. The van der Waals surface area contributed by atoms with Gasteiger partial charge in [0.1, 0.15) is 11.1 Å². The van der Waals surface area contributed by atoms with Gasteiger partial charge in [0.15, 0.2) is 28.3 Å². The molecule has 3 aromatic rings. The Labute approximate surface area is 160 Å². The number of hydrogen-bond acceptors (Lipinski definition) is 8. The van der Waals surface area contributed by atoms with Crippen molar-refractivity contribution >= 4 is 11.0 Å². The van der Waals surface area contributed by atoms with Crippen molar-refractivity contribution in [1.29, 1.82) is 0 Å². The molecular weight excluding hydrogens is 368 g/mol. The van der Waals surface area contributed by atoms with Gasteiger partial charge in [-0.2, -0.15) is 0 Å². The molecule has 0 aliphatic carbocycles. The van der Waals surface area contributed by atoms with Crippen LogP contribution in [0.1, 0.15) is 0 Å². The normalized spacial score (nSPS) is 10.6. The highest BCUT2D eigenvalue weighted by molar-refractivity contribution is 5.95. The number of methoxy groups -OCH3 is 5. The number of benzene rings is 2. The molecule has 0 saturated carbocycles. The molecule has 0 amide bonds. The molecule has 0 spiro atoms. The highest BCUT2D eigenvalue weighted by Crippen LogP contribution is 2.50. The smallest absolute Gasteiger partial charge is 0.211 e. The van der Waals surface area contributed by atoms with Gasteiger partial charge in [0, 0.05) is 11.6 Å². The standard InChI is InChI=1S/C20H20O8/c1-23-13-7-6-10(8-11(13)21)14-9-12(22)15-16(24-2)18(25-3)20(27-5)19(26-4)17(15)28-14/h6-9,21H,1-5H3. The molecule has 8 nitrogen and oxygen atoms in total. The van der Waals surface area contributed by atoms with Gasteiger partial charge in [-0.05, 0) is 18.2 Å². The van der Waals surface area contributed by atoms with E-state index in [-0.39, 0.29) is 50.9 Å². The Bertz CT molecular complexity index is 1080. The summed E-state index contributed by atoms with van der Waals surface area (Å²) in [5.74, 6) is 1.25.